The third kappa shape index (κ3) is 7.41. The third-order valence-electron chi connectivity index (χ3n) is 11.8. The second-order valence-electron chi connectivity index (χ2n) is 15.5. The van der Waals surface area contributed by atoms with Gasteiger partial charge < -0.3 is 24.9 Å². The van der Waals surface area contributed by atoms with Crippen LogP contribution in [0.15, 0.2) is 36.4 Å². The number of halogens is 2. The van der Waals surface area contributed by atoms with Gasteiger partial charge in [-0.15, -0.1) is 0 Å². The number of carbonyl (C=O) groups excluding carboxylic acids is 2. The first kappa shape index (κ1) is 36.7. The normalized spacial score (nSPS) is 20.3. The lowest BCUT2D eigenvalue weighted by Gasteiger charge is -2.33. The van der Waals surface area contributed by atoms with Crippen LogP contribution in [0.2, 0.25) is 10.0 Å². The molecule has 2 aliphatic heterocycles. The number of anilines is 2. The molecule has 54 heavy (non-hydrogen) atoms. The first-order chi connectivity index (χ1) is 26.0. The minimum absolute atomic E-state index is 0.221. The SMILES string of the molecule is Cn1c(C(=O)Nc2cccc(-c3cccc(NC(=O)c4nc5c(n4C)CCN(C[C@H]4CC[C@H](C(=O)O)CC4)C5)c3Cl)c2Cl)nc2c1CCN(CC1CC1)C2. The van der Waals surface area contributed by atoms with Gasteiger partial charge in [0.25, 0.3) is 11.8 Å². The summed E-state index contributed by atoms with van der Waals surface area (Å²) in [5.41, 5.74) is 6.04. The van der Waals surface area contributed by atoms with Gasteiger partial charge in [-0.2, -0.15) is 0 Å². The molecule has 0 atom stereocenters. The Bertz CT molecular complexity index is 2120. The fourth-order valence-corrected chi connectivity index (χ4v) is 9.08. The van der Waals surface area contributed by atoms with E-state index in [1.807, 2.05) is 35.4 Å². The van der Waals surface area contributed by atoms with Gasteiger partial charge in [-0.3, -0.25) is 24.2 Å². The number of aromatic nitrogens is 4. The van der Waals surface area contributed by atoms with E-state index in [4.69, 9.17) is 33.2 Å². The fourth-order valence-electron chi connectivity index (χ4n) is 8.53. The molecule has 4 aliphatic rings. The number of hydrogen-bond acceptors (Lipinski definition) is 7. The van der Waals surface area contributed by atoms with Crippen molar-refractivity contribution in [2.45, 2.75) is 64.5 Å². The second kappa shape index (κ2) is 15.1. The van der Waals surface area contributed by atoms with E-state index < -0.39 is 5.97 Å². The van der Waals surface area contributed by atoms with E-state index in [1.165, 1.54) is 12.8 Å². The molecule has 2 aromatic carbocycles. The Morgan fingerprint density at radius 2 is 1.13 bits per heavy atom. The zero-order valence-electron chi connectivity index (χ0n) is 30.7. The number of benzene rings is 2. The predicted molar refractivity (Wildman–Crippen MR) is 208 cm³/mol. The molecule has 2 aromatic heterocycles. The summed E-state index contributed by atoms with van der Waals surface area (Å²) in [4.78, 5) is 53.0. The highest BCUT2D eigenvalue weighted by Gasteiger charge is 2.32. The molecule has 2 aliphatic carbocycles. The molecule has 0 radical (unpaired) electrons. The first-order valence-electron chi connectivity index (χ1n) is 19.0. The summed E-state index contributed by atoms with van der Waals surface area (Å²) in [5, 5.41) is 15.9. The zero-order chi connectivity index (χ0) is 37.7. The van der Waals surface area contributed by atoms with Crippen molar-refractivity contribution in [3.63, 3.8) is 0 Å². The highest BCUT2D eigenvalue weighted by molar-refractivity contribution is 6.40. The minimum atomic E-state index is -0.684. The molecule has 0 spiro atoms. The number of hydrogen-bond donors (Lipinski definition) is 3. The summed E-state index contributed by atoms with van der Waals surface area (Å²) in [7, 11) is 3.76. The number of carboxylic acids is 1. The van der Waals surface area contributed by atoms with Crippen molar-refractivity contribution in [1.29, 1.82) is 0 Å². The lowest BCUT2D eigenvalue weighted by Crippen LogP contribution is -2.36. The van der Waals surface area contributed by atoms with Crippen LogP contribution in [0, 0.1) is 17.8 Å². The molecule has 2 saturated carbocycles. The second-order valence-corrected chi connectivity index (χ2v) is 16.2. The van der Waals surface area contributed by atoms with Gasteiger partial charge in [0.15, 0.2) is 11.6 Å². The van der Waals surface area contributed by atoms with Crippen molar-refractivity contribution in [2.75, 3.05) is 36.8 Å². The van der Waals surface area contributed by atoms with E-state index >= 15 is 0 Å². The number of carbonyl (C=O) groups is 3. The van der Waals surface area contributed by atoms with Crippen LogP contribution in [0.5, 0.6) is 0 Å². The number of fused-ring (bicyclic) bond motifs is 2. The molecule has 2 fully saturated rings. The van der Waals surface area contributed by atoms with Gasteiger partial charge in [-0.05, 0) is 62.5 Å². The molecule has 12 nitrogen and oxygen atoms in total. The maximum absolute atomic E-state index is 13.7. The van der Waals surface area contributed by atoms with Crippen molar-refractivity contribution in [2.24, 2.45) is 31.8 Å². The number of amides is 2. The minimum Gasteiger partial charge on any atom is -0.481 e. The fraction of sp³-hybridized carbons (Fsp3) is 0.475. The van der Waals surface area contributed by atoms with Crippen LogP contribution >= 0.6 is 23.2 Å². The maximum atomic E-state index is 13.7. The lowest BCUT2D eigenvalue weighted by atomic mass is 9.81. The maximum Gasteiger partial charge on any atom is 0.306 e. The van der Waals surface area contributed by atoms with Crippen LogP contribution < -0.4 is 10.6 Å². The monoisotopic (exact) mass is 772 g/mol. The number of rotatable bonds is 10. The average molecular weight is 774 g/mol. The van der Waals surface area contributed by atoms with E-state index in [9.17, 15) is 19.5 Å². The molecule has 4 heterocycles. The quantitative estimate of drug-likeness (QED) is 0.163. The Morgan fingerprint density at radius 3 is 1.54 bits per heavy atom. The Kier molecular flexibility index (Phi) is 10.3. The van der Waals surface area contributed by atoms with E-state index in [-0.39, 0.29) is 17.7 Å². The Hall–Kier alpha value is -4.23. The van der Waals surface area contributed by atoms with Crippen LogP contribution in [-0.2, 0) is 44.8 Å². The van der Waals surface area contributed by atoms with Crippen LogP contribution in [0.25, 0.3) is 11.1 Å². The topological polar surface area (TPSA) is 138 Å². The molecule has 8 rings (SSSR count). The number of carboxylic acid groups (broad SMARTS) is 1. The van der Waals surface area contributed by atoms with Gasteiger partial charge in [0, 0.05) is 88.7 Å². The van der Waals surface area contributed by atoms with Crippen LogP contribution in [0.4, 0.5) is 11.4 Å². The van der Waals surface area contributed by atoms with Crippen LogP contribution in [0.1, 0.15) is 82.5 Å². The van der Waals surface area contributed by atoms with E-state index in [0.29, 0.717) is 56.7 Å². The molecule has 0 bridgehead atoms. The summed E-state index contributed by atoms with van der Waals surface area (Å²) in [5.74, 6) is 0.314. The highest BCUT2D eigenvalue weighted by atomic mass is 35.5. The van der Waals surface area contributed by atoms with Crippen molar-refractivity contribution >= 4 is 52.4 Å². The Morgan fingerprint density at radius 1 is 0.704 bits per heavy atom. The molecule has 0 unspecified atom stereocenters. The van der Waals surface area contributed by atoms with Gasteiger partial charge in [0.05, 0.1) is 38.7 Å². The molecule has 284 valence electrons. The summed E-state index contributed by atoms with van der Waals surface area (Å²) in [6, 6.07) is 10.7. The van der Waals surface area contributed by atoms with Gasteiger partial charge in [0.1, 0.15) is 0 Å². The molecular weight excluding hydrogens is 727 g/mol. The number of nitrogens with one attached hydrogen (secondary N) is 2. The standard InChI is InChI=1S/C40H46Cl2N8O4/c1-47-32-15-17-49(19-23-9-10-23)21-30(32)43-36(47)38(51)45-28-7-3-5-26(34(28)41)27-6-4-8-29(35(27)42)46-39(52)37-44-31-22-50(18-16-33(31)48(37)2)20-24-11-13-25(14-12-24)40(53)54/h3-8,23-25H,9-22H2,1-2H3,(H,45,51)(H,46,52)(H,53,54)/t24-,25-. The average Bonchev–Trinajstić information content (AvgIpc) is 3.83. The summed E-state index contributed by atoms with van der Waals surface area (Å²) >= 11 is 13.9. The molecule has 3 N–H and O–H groups in total. The van der Waals surface area contributed by atoms with Crippen molar-refractivity contribution in [3.05, 3.63) is 80.9 Å². The van der Waals surface area contributed by atoms with E-state index in [0.717, 1.165) is 99.9 Å². The zero-order valence-corrected chi connectivity index (χ0v) is 32.2. The van der Waals surface area contributed by atoms with E-state index in [2.05, 4.69) is 20.4 Å². The predicted octanol–water partition coefficient (Wildman–Crippen LogP) is 6.65. The molecule has 0 saturated heterocycles. The Labute approximate surface area is 324 Å². The van der Waals surface area contributed by atoms with Gasteiger partial charge in [-0.1, -0.05) is 47.5 Å². The van der Waals surface area contributed by atoms with Crippen molar-refractivity contribution in [3.8, 4) is 11.1 Å². The summed E-state index contributed by atoms with van der Waals surface area (Å²) in [6.45, 7) is 5.25. The van der Waals surface area contributed by atoms with Gasteiger partial charge in [0.2, 0.25) is 0 Å². The highest BCUT2D eigenvalue weighted by Crippen LogP contribution is 2.41. The Balaban J connectivity index is 0.940. The summed E-state index contributed by atoms with van der Waals surface area (Å²) < 4.78 is 3.76. The first-order valence-corrected chi connectivity index (χ1v) is 19.8. The van der Waals surface area contributed by atoms with E-state index in [1.54, 1.807) is 24.3 Å². The number of aliphatic carboxylic acids is 1. The molecule has 4 aromatic rings. The molecular formula is C40H46Cl2N8O4. The summed E-state index contributed by atoms with van der Waals surface area (Å²) in [6.07, 6.45) is 7.56. The van der Waals surface area contributed by atoms with Crippen LogP contribution in [-0.4, -0.2) is 78.0 Å². The number of imidazole rings is 2. The van der Waals surface area contributed by atoms with Crippen molar-refractivity contribution in [1.82, 2.24) is 28.9 Å². The van der Waals surface area contributed by atoms with Gasteiger partial charge in [-0.25, -0.2) is 9.97 Å². The number of nitrogens with zero attached hydrogens (tertiary/aromatic N) is 6. The largest absolute Gasteiger partial charge is 0.481 e. The molecule has 2 amide bonds. The third-order valence-corrected chi connectivity index (χ3v) is 12.6. The van der Waals surface area contributed by atoms with Crippen molar-refractivity contribution < 1.29 is 19.5 Å². The lowest BCUT2D eigenvalue weighted by molar-refractivity contribution is -0.143. The van der Waals surface area contributed by atoms with Crippen LogP contribution in [0.3, 0.4) is 0 Å². The molecule has 14 heteroatoms. The smallest absolute Gasteiger partial charge is 0.306 e. The van der Waals surface area contributed by atoms with Gasteiger partial charge >= 0.3 is 5.97 Å².